The van der Waals surface area contributed by atoms with Crippen molar-refractivity contribution in [1.82, 2.24) is 5.32 Å². The van der Waals surface area contributed by atoms with Gasteiger partial charge in [-0.3, -0.25) is 19.7 Å². The lowest BCUT2D eigenvalue weighted by molar-refractivity contribution is -0.385. The maximum absolute atomic E-state index is 12.4. The summed E-state index contributed by atoms with van der Waals surface area (Å²) >= 11 is 0. The SMILES string of the molecule is Cc1ccc(C(=O)Nc2ccccc2C(=O)NC2CC2)cc1[N+](=O)[O-]. The van der Waals surface area contributed by atoms with Crippen LogP contribution in [0.15, 0.2) is 42.5 Å². The van der Waals surface area contributed by atoms with Crippen molar-refractivity contribution in [2.45, 2.75) is 25.8 Å². The predicted octanol–water partition coefficient (Wildman–Crippen LogP) is 3.05. The van der Waals surface area contributed by atoms with Crippen LogP contribution in [0.4, 0.5) is 11.4 Å². The smallest absolute Gasteiger partial charge is 0.273 e. The van der Waals surface area contributed by atoms with Gasteiger partial charge in [-0.05, 0) is 38.0 Å². The number of benzene rings is 2. The summed E-state index contributed by atoms with van der Waals surface area (Å²) in [6.45, 7) is 1.61. The highest BCUT2D eigenvalue weighted by atomic mass is 16.6. The third-order valence-corrected chi connectivity index (χ3v) is 4.00. The van der Waals surface area contributed by atoms with E-state index < -0.39 is 10.8 Å². The molecule has 1 aliphatic rings. The van der Waals surface area contributed by atoms with Gasteiger partial charge in [-0.25, -0.2) is 0 Å². The minimum absolute atomic E-state index is 0.118. The second-order valence-corrected chi connectivity index (χ2v) is 6.01. The number of nitro benzene ring substituents is 1. The molecule has 0 spiro atoms. The zero-order chi connectivity index (χ0) is 18.0. The number of carbonyl (C=O) groups is 2. The van der Waals surface area contributed by atoms with E-state index >= 15 is 0 Å². The maximum Gasteiger partial charge on any atom is 0.273 e. The summed E-state index contributed by atoms with van der Waals surface area (Å²) in [5.41, 5.74) is 1.26. The van der Waals surface area contributed by atoms with Crippen LogP contribution in [0.1, 0.15) is 39.1 Å². The summed E-state index contributed by atoms with van der Waals surface area (Å²) in [7, 11) is 0. The topological polar surface area (TPSA) is 101 Å². The fourth-order valence-electron chi connectivity index (χ4n) is 2.42. The number of amides is 2. The molecule has 0 aromatic heterocycles. The molecule has 2 N–H and O–H groups in total. The first-order valence-corrected chi connectivity index (χ1v) is 7.92. The molecule has 1 saturated carbocycles. The van der Waals surface area contributed by atoms with Crippen molar-refractivity contribution in [2.75, 3.05) is 5.32 Å². The Bertz CT molecular complexity index is 859. The fourth-order valence-corrected chi connectivity index (χ4v) is 2.42. The zero-order valence-electron chi connectivity index (χ0n) is 13.6. The average Bonchev–Trinajstić information content (AvgIpc) is 3.39. The highest BCUT2D eigenvalue weighted by molar-refractivity contribution is 6.09. The number of rotatable bonds is 5. The largest absolute Gasteiger partial charge is 0.349 e. The van der Waals surface area contributed by atoms with Gasteiger partial charge in [0.25, 0.3) is 17.5 Å². The van der Waals surface area contributed by atoms with Crippen LogP contribution in [0.2, 0.25) is 0 Å². The molecule has 2 aromatic carbocycles. The Balaban J connectivity index is 1.82. The van der Waals surface area contributed by atoms with Crippen molar-refractivity contribution in [2.24, 2.45) is 0 Å². The molecule has 0 atom stereocenters. The van der Waals surface area contributed by atoms with E-state index in [1.807, 2.05) is 0 Å². The van der Waals surface area contributed by atoms with Crippen LogP contribution in [-0.2, 0) is 0 Å². The van der Waals surface area contributed by atoms with Crippen LogP contribution in [0.3, 0.4) is 0 Å². The van der Waals surface area contributed by atoms with Gasteiger partial charge in [-0.1, -0.05) is 18.2 Å². The third kappa shape index (κ3) is 3.82. The Morgan fingerprint density at radius 3 is 2.52 bits per heavy atom. The zero-order valence-corrected chi connectivity index (χ0v) is 13.6. The van der Waals surface area contributed by atoms with Gasteiger partial charge < -0.3 is 10.6 Å². The van der Waals surface area contributed by atoms with Crippen LogP contribution in [0, 0.1) is 17.0 Å². The van der Waals surface area contributed by atoms with Crippen molar-refractivity contribution >= 4 is 23.2 Å². The number of para-hydroxylation sites is 1. The van der Waals surface area contributed by atoms with E-state index in [1.165, 1.54) is 18.2 Å². The van der Waals surface area contributed by atoms with Crippen molar-refractivity contribution in [3.05, 3.63) is 69.3 Å². The van der Waals surface area contributed by atoms with Gasteiger partial charge in [0.05, 0.1) is 16.2 Å². The minimum Gasteiger partial charge on any atom is -0.349 e. The summed E-state index contributed by atoms with van der Waals surface area (Å²) < 4.78 is 0. The Labute approximate surface area is 144 Å². The number of aryl methyl sites for hydroxylation is 1. The summed E-state index contributed by atoms with van der Waals surface area (Å²) in [5, 5.41) is 16.6. The molecule has 2 aromatic rings. The summed E-state index contributed by atoms with van der Waals surface area (Å²) in [6, 6.07) is 11.2. The van der Waals surface area contributed by atoms with E-state index in [2.05, 4.69) is 10.6 Å². The van der Waals surface area contributed by atoms with Gasteiger partial charge in [-0.2, -0.15) is 0 Å². The normalized spacial score (nSPS) is 13.2. The number of nitrogens with one attached hydrogen (secondary N) is 2. The Morgan fingerprint density at radius 1 is 1.12 bits per heavy atom. The van der Waals surface area contributed by atoms with E-state index in [-0.39, 0.29) is 23.2 Å². The number of nitrogens with zero attached hydrogens (tertiary/aromatic N) is 1. The Morgan fingerprint density at radius 2 is 1.84 bits per heavy atom. The molecule has 2 amide bonds. The van der Waals surface area contributed by atoms with Crippen molar-refractivity contribution in [1.29, 1.82) is 0 Å². The minimum atomic E-state index is -0.525. The highest BCUT2D eigenvalue weighted by Gasteiger charge is 2.25. The Hall–Kier alpha value is -3.22. The van der Waals surface area contributed by atoms with Gasteiger partial charge in [0.15, 0.2) is 0 Å². The molecule has 0 radical (unpaired) electrons. The third-order valence-electron chi connectivity index (χ3n) is 4.00. The second-order valence-electron chi connectivity index (χ2n) is 6.01. The van der Waals surface area contributed by atoms with E-state index in [4.69, 9.17) is 0 Å². The first kappa shape index (κ1) is 16.6. The summed E-state index contributed by atoms with van der Waals surface area (Å²) in [6.07, 6.45) is 1.93. The van der Waals surface area contributed by atoms with Crippen LogP contribution in [0.5, 0.6) is 0 Å². The van der Waals surface area contributed by atoms with E-state index in [0.717, 1.165) is 12.8 Å². The summed E-state index contributed by atoms with van der Waals surface area (Å²) in [4.78, 5) is 35.2. The summed E-state index contributed by atoms with van der Waals surface area (Å²) in [5.74, 6) is -0.747. The number of nitro groups is 1. The maximum atomic E-state index is 12.4. The quantitative estimate of drug-likeness (QED) is 0.645. The first-order chi connectivity index (χ1) is 12.0. The monoisotopic (exact) mass is 339 g/mol. The van der Waals surface area contributed by atoms with E-state index in [9.17, 15) is 19.7 Å². The molecular weight excluding hydrogens is 322 g/mol. The average molecular weight is 339 g/mol. The molecule has 25 heavy (non-hydrogen) atoms. The molecule has 1 fully saturated rings. The molecule has 0 bridgehead atoms. The van der Waals surface area contributed by atoms with Crippen LogP contribution in [0.25, 0.3) is 0 Å². The highest BCUT2D eigenvalue weighted by Crippen LogP contribution is 2.23. The lowest BCUT2D eigenvalue weighted by atomic mass is 10.1. The molecule has 128 valence electrons. The van der Waals surface area contributed by atoms with Gasteiger partial charge in [0, 0.05) is 23.2 Å². The van der Waals surface area contributed by atoms with E-state index in [0.29, 0.717) is 16.8 Å². The lowest BCUT2D eigenvalue weighted by Gasteiger charge is -2.11. The molecule has 0 saturated heterocycles. The molecule has 0 unspecified atom stereocenters. The van der Waals surface area contributed by atoms with E-state index in [1.54, 1.807) is 31.2 Å². The van der Waals surface area contributed by atoms with Gasteiger partial charge in [0.2, 0.25) is 0 Å². The van der Waals surface area contributed by atoms with Gasteiger partial charge in [0.1, 0.15) is 0 Å². The van der Waals surface area contributed by atoms with Crippen LogP contribution in [-0.4, -0.2) is 22.8 Å². The molecule has 0 aliphatic heterocycles. The fraction of sp³-hybridized carbons (Fsp3) is 0.222. The van der Waals surface area contributed by atoms with Crippen LogP contribution >= 0.6 is 0 Å². The first-order valence-electron chi connectivity index (χ1n) is 7.92. The van der Waals surface area contributed by atoms with Crippen LogP contribution < -0.4 is 10.6 Å². The molecule has 0 heterocycles. The van der Waals surface area contributed by atoms with Crippen molar-refractivity contribution in [3.63, 3.8) is 0 Å². The standard InChI is InChI=1S/C18H17N3O4/c1-11-6-7-12(10-16(11)21(24)25)17(22)20-15-5-3-2-4-14(15)18(23)19-13-8-9-13/h2-7,10,13H,8-9H2,1H3,(H,19,23)(H,20,22). The van der Waals surface area contributed by atoms with Gasteiger partial charge >= 0.3 is 0 Å². The molecular formula is C18H17N3O4. The van der Waals surface area contributed by atoms with Gasteiger partial charge in [-0.15, -0.1) is 0 Å². The Kier molecular flexibility index (Phi) is 4.47. The molecule has 3 rings (SSSR count). The number of carbonyl (C=O) groups excluding carboxylic acids is 2. The molecule has 1 aliphatic carbocycles. The number of hydrogen-bond donors (Lipinski definition) is 2. The molecule has 7 nitrogen and oxygen atoms in total. The lowest BCUT2D eigenvalue weighted by Crippen LogP contribution is -2.27. The van der Waals surface area contributed by atoms with Crippen molar-refractivity contribution in [3.8, 4) is 0 Å². The molecule has 7 heteroatoms. The number of anilines is 1. The predicted molar refractivity (Wildman–Crippen MR) is 92.7 cm³/mol. The number of hydrogen-bond acceptors (Lipinski definition) is 4. The second kappa shape index (κ2) is 6.72. The van der Waals surface area contributed by atoms with Crippen molar-refractivity contribution < 1.29 is 14.5 Å².